The first-order valence-electron chi connectivity index (χ1n) is 12.2. The van der Waals surface area contributed by atoms with Gasteiger partial charge in [-0.1, -0.05) is 30.3 Å². The summed E-state index contributed by atoms with van der Waals surface area (Å²) in [6.07, 6.45) is -0.0821. The maximum absolute atomic E-state index is 11.2. The minimum atomic E-state index is -1.52. The monoisotopic (exact) mass is 462 g/mol. The molecule has 6 fully saturated rings. The standard InChI is InChI=1S/C25H34O8/c1-30-25(23-10-14-7-15(11-23)9-16(8-14)12-23)24(32-33-25,17-5-3-2-4-6-17)22-21(29)20(28)19(27)18(13-26)31-22/h2-6,14-16,18-22,26-29H,7-13H2,1H3/t14?,15?,16?,18-,19+,20+,21-,22?,23?,24?,25?/m1/s1. The first-order valence-corrected chi connectivity index (χ1v) is 12.2. The number of aliphatic hydroxyl groups is 4. The minimum absolute atomic E-state index is 0.330. The first kappa shape index (κ1) is 22.4. The summed E-state index contributed by atoms with van der Waals surface area (Å²) in [6.45, 7) is -0.509. The molecule has 2 saturated heterocycles. The zero-order valence-corrected chi connectivity index (χ0v) is 18.9. The van der Waals surface area contributed by atoms with Crippen molar-refractivity contribution in [2.45, 2.75) is 80.4 Å². The fourth-order valence-corrected chi connectivity index (χ4v) is 8.37. The Morgan fingerprint density at radius 2 is 1.48 bits per heavy atom. The van der Waals surface area contributed by atoms with Gasteiger partial charge in [-0.2, -0.15) is 4.89 Å². The van der Waals surface area contributed by atoms with Gasteiger partial charge in [0, 0.05) is 12.5 Å². The molecule has 4 aliphatic carbocycles. The number of methoxy groups -OCH3 is 1. The fourth-order valence-electron chi connectivity index (χ4n) is 8.37. The molecular formula is C25H34O8. The van der Waals surface area contributed by atoms with Crippen molar-refractivity contribution in [3.8, 4) is 0 Å². The minimum Gasteiger partial charge on any atom is -0.394 e. The summed E-state index contributed by atoms with van der Waals surface area (Å²) in [7, 11) is 1.61. The van der Waals surface area contributed by atoms with E-state index in [1.807, 2.05) is 30.3 Å². The van der Waals surface area contributed by atoms with Gasteiger partial charge < -0.3 is 29.9 Å². The maximum atomic E-state index is 11.2. The third-order valence-electron chi connectivity index (χ3n) is 9.30. The zero-order chi connectivity index (χ0) is 23.0. The Hall–Kier alpha value is -1.10. The lowest BCUT2D eigenvalue weighted by Crippen LogP contribution is -2.82. The van der Waals surface area contributed by atoms with Crippen LogP contribution in [-0.4, -0.2) is 70.4 Å². The molecule has 182 valence electrons. The molecule has 0 amide bonds. The molecule has 0 radical (unpaired) electrons. The number of hydrogen-bond donors (Lipinski definition) is 4. The van der Waals surface area contributed by atoms with Crippen molar-refractivity contribution < 1.29 is 39.7 Å². The van der Waals surface area contributed by atoms with E-state index in [1.165, 1.54) is 19.3 Å². The average molecular weight is 463 g/mol. The molecule has 6 aliphatic rings. The van der Waals surface area contributed by atoms with Crippen LogP contribution in [0.2, 0.25) is 0 Å². The summed E-state index contributed by atoms with van der Waals surface area (Å²) in [5, 5.41) is 42.1. The van der Waals surface area contributed by atoms with E-state index >= 15 is 0 Å². The first-order chi connectivity index (χ1) is 15.9. The Morgan fingerprint density at radius 1 is 0.879 bits per heavy atom. The summed E-state index contributed by atoms with van der Waals surface area (Å²) in [5.74, 6) is 0.577. The van der Waals surface area contributed by atoms with Crippen LogP contribution in [0.1, 0.15) is 44.1 Å². The summed E-state index contributed by atoms with van der Waals surface area (Å²) in [6, 6.07) is 9.42. The van der Waals surface area contributed by atoms with Crippen LogP contribution in [0.15, 0.2) is 30.3 Å². The highest BCUT2D eigenvalue weighted by atomic mass is 17.3. The molecule has 4 saturated carbocycles. The molecule has 2 aliphatic heterocycles. The molecule has 7 atom stereocenters. The van der Waals surface area contributed by atoms with E-state index in [0.29, 0.717) is 23.3 Å². The van der Waals surface area contributed by atoms with Crippen molar-refractivity contribution in [1.29, 1.82) is 0 Å². The van der Waals surface area contributed by atoms with Gasteiger partial charge in [0.05, 0.1) is 6.61 Å². The fraction of sp³-hybridized carbons (Fsp3) is 0.760. The molecular weight excluding hydrogens is 428 g/mol. The molecule has 8 heteroatoms. The predicted octanol–water partition coefficient (Wildman–Crippen LogP) is 1.25. The van der Waals surface area contributed by atoms with Gasteiger partial charge >= 0.3 is 0 Å². The molecule has 3 unspecified atom stereocenters. The highest BCUT2D eigenvalue weighted by Gasteiger charge is 2.81. The molecule has 1 aromatic rings. The Bertz CT molecular complexity index is 837. The summed E-state index contributed by atoms with van der Waals surface area (Å²) < 4.78 is 12.4. The van der Waals surface area contributed by atoms with Crippen LogP contribution in [0.4, 0.5) is 0 Å². The maximum Gasteiger partial charge on any atom is 0.246 e. The van der Waals surface area contributed by atoms with Crippen molar-refractivity contribution in [2.24, 2.45) is 23.2 Å². The number of hydrogen-bond acceptors (Lipinski definition) is 8. The number of benzene rings is 1. The van der Waals surface area contributed by atoms with E-state index < -0.39 is 48.5 Å². The lowest BCUT2D eigenvalue weighted by molar-refractivity contribution is -0.658. The van der Waals surface area contributed by atoms with E-state index in [4.69, 9.17) is 19.2 Å². The number of aliphatic hydroxyl groups excluding tert-OH is 4. The second kappa shape index (κ2) is 7.70. The third kappa shape index (κ3) is 2.81. The normalized spacial score (nSPS) is 53.1. The smallest absolute Gasteiger partial charge is 0.246 e. The molecule has 1 aromatic carbocycles. The summed E-state index contributed by atoms with van der Waals surface area (Å²) in [5.41, 5.74) is -1.01. The van der Waals surface area contributed by atoms with Crippen LogP contribution in [0, 0.1) is 23.2 Å². The van der Waals surface area contributed by atoms with Crippen LogP contribution in [0.25, 0.3) is 0 Å². The SMILES string of the molecule is COC1(C23CC4CC(CC(C4)C2)C3)OOC1(c1ccccc1)C1O[C@H](CO)[C@H](O)[C@H](O)[C@H]1O. The molecule has 7 rings (SSSR count). The van der Waals surface area contributed by atoms with Gasteiger partial charge in [-0.3, -0.25) is 0 Å². The van der Waals surface area contributed by atoms with Gasteiger partial charge in [-0.25, -0.2) is 4.89 Å². The van der Waals surface area contributed by atoms with Crippen LogP contribution in [0.5, 0.6) is 0 Å². The predicted molar refractivity (Wildman–Crippen MR) is 114 cm³/mol. The molecule has 4 N–H and O–H groups in total. The lowest BCUT2D eigenvalue weighted by Gasteiger charge is -2.70. The Labute approximate surface area is 193 Å². The topological polar surface area (TPSA) is 118 Å². The molecule has 0 aromatic heterocycles. The van der Waals surface area contributed by atoms with Crippen molar-refractivity contribution in [3.63, 3.8) is 0 Å². The van der Waals surface area contributed by atoms with Crippen LogP contribution in [0.3, 0.4) is 0 Å². The van der Waals surface area contributed by atoms with Crippen molar-refractivity contribution in [2.75, 3.05) is 13.7 Å². The second-order valence-electron chi connectivity index (χ2n) is 11.0. The van der Waals surface area contributed by atoms with Gasteiger partial charge in [0.25, 0.3) is 0 Å². The second-order valence-corrected chi connectivity index (χ2v) is 11.0. The van der Waals surface area contributed by atoms with Crippen molar-refractivity contribution in [3.05, 3.63) is 35.9 Å². The molecule has 2 heterocycles. The zero-order valence-electron chi connectivity index (χ0n) is 18.9. The van der Waals surface area contributed by atoms with Crippen LogP contribution >= 0.6 is 0 Å². The van der Waals surface area contributed by atoms with E-state index in [9.17, 15) is 20.4 Å². The van der Waals surface area contributed by atoms with Crippen LogP contribution < -0.4 is 0 Å². The number of ether oxygens (including phenoxy) is 2. The van der Waals surface area contributed by atoms with Gasteiger partial charge in [0.1, 0.15) is 30.5 Å². The van der Waals surface area contributed by atoms with E-state index in [2.05, 4.69) is 0 Å². The highest BCUT2D eigenvalue weighted by Crippen LogP contribution is 2.72. The molecule has 33 heavy (non-hydrogen) atoms. The van der Waals surface area contributed by atoms with E-state index in [0.717, 1.165) is 19.3 Å². The van der Waals surface area contributed by atoms with Crippen LogP contribution in [-0.2, 0) is 24.8 Å². The van der Waals surface area contributed by atoms with E-state index in [1.54, 1.807) is 7.11 Å². The number of rotatable bonds is 5. The average Bonchev–Trinajstić information content (AvgIpc) is 2.79. The quantitative estimate of drug-likeness (QED) is 0.483. The molecule has 8 nitrogen and oxygen atoms in total. The third-order valence-corrected chi connectivity index (χ3v) is 9.30. The van der Waals surface area contributed by atoms with Gasteiger partial charge in [0.15, 0.2) is 0 Å². The highest BCUT2D eigenvalue weighted by molar-refractivity contribution is 5.34. The van der Waals surface area contributed by atoms with Gasteiger partial charge in [-0.15, -0.1) is 0 Å². The Morgan fingerprint density at radius 3 is 1.97 bits per heavy atom. The van der Waals surface area contributed by atoms with Crippen molar-refractivity contribution in [1.82, 2.24) is 0 Å². The van der Waals surface area contributed by atoms with Gasteiger partial charge in [0.2, 0.25) is 11.4 Å². The van der Waals surface area contributed by atoms with Crippen molar-refractivity contribution >= 4 is 0 Å². The largest absolute Gasteiger partial charge is 0.394 e. The summed E-state index contributed by atoms with van der Waals surface area (Å²) in [4.78, 5) is 12.0. The van der Waals surface area contributed by atoms with E-state index in [-0.39, 0.29) is 5.41 Å². The molecule has 0 spiro atoms. The molecule has 4 bridgehead atoms. The lowest BCUT2D eigenvalue weighted by atomic mass is 9.44. The summed E-state index contributed by atoms with van der Waals surface area (Å²) >= 11 is 0. The Kier molecular flexibility index (Phi) is 5.22. The van der Waals surface area contributed by atoms with Gasteiger partial charge in [-0.05, 0) is 61.8 Å². The Balaban J connectivity index is 1.51.